The molecule has 1 saturated heterocycles. The van der Waals surface area contributed by atoms with Crippen LogP contribution in [0.25, 0.3) is 0 Å². The average Bonchev–Trinajstić information content (AvgIpc) is 2.73. The number of nitrogens with one attached hydrogen (secondary N) is 1. The number of rotatable bonds is 6. The van der Waals surface area contributed by atoms with Crippen molar-refractivity contribution >= 4 is 37.5 Å². The first-order valence-electron chi connectivity index (χ1n) is 9.55. The summed E-state index contributed by atoms with van der Waals surface area (Å²) in [5.74, 6) is -0.00614. The summed E-state index contributed by atoms with van der Waals surface area (Å²) in [5.41, 5.74) is 0.917. The zero-order valence-electron chi connectivity index (χ0n) is 16.5. The normalized spacial score (nSPS) is 20.4. The highest BCUT2D eigenvalue weighted by Gasteiger charge is 2.35. The summed E-state index contributed by atoms with van der Waals surface area (Å²) in [7, 11) is -2.09. The van der Waals surface area contributed by atoms with E-state index in [2.05, 4.69) is 28.2 Å². The van der Waals surface area contributed by atoms with Gasteiger partial charge >= 0.3 is 0 Å². The lowest BCUT2D eigenvalue weighted by Crippen LogP contribution is -2.47. The highest BCUT2D eigenvalue weighted by atomic mass is 79.9. The Kier molecular flexibility index (Phi) is 7.10. The summed E-state index contributed by atoms with van der Waals surface area (Å²) in [6.45, 7) is 2.87. The molecule has 0 aromatic heterocycles. The largest absolute Gasteiger partial charge is 0.380 e. The van der Waals surface area contributed by atoms with Gasteiger partial charge in [0, 0.05) is 35.9 Å². The van der Waals surface area contributed by atoms with Crippen molar-refractivity contribution < 1.29 is 17.9 Å². The Morgan fingerprint density at radius 2 is 2.00 bits per heavy atom. The first-order chi connectivity index (χ1) is 13.8. The number of methoxy groups -OCH3 is 1. The molecule has 1 aliphatic heterocycles. The van der Waals surface area contributed by atoms with Crippen LogP contribution < -0.4 is 5.32 Å². The molecule has 156 valence electrons. The minimum absolute atomic E-state index is 0.115. The molecule has 29 heavy (non-hydrogen) atoms. The third kappa shape index (κ3) is 5.06. The zero-order chi connectivity index (χ0) is 21.0. The van der Waals surface area contributed by atoms with E-state index in [0.717, 1.165) is 17.3 Å². The van der Waals surface area contributed by atoms with Gasteiger partial charge in [-0.15, -0.1) is 0 Å². The molecule has 0 radical (unpaired) electrons. The van der Waals surface area contributed by atoms with Gasteiger partial charge in [-0.2, -0.15) is 4.31 Å². The van der Waals surface area contributed by atoms with Crippen molar-refractivity contribution in [3.63, 3.8) is 0 Å². The number of ether oxygens (including phenoxy) is 1. The van der Waals surface area contributed by atoms with Crippen LogP contribution in [0.5, 0.6) is 0 Å². The van der Waals surface area contributed by atoms with Crippen LogP contribution in [0.2, 0.25) is 0 Å². The third-order valence-electron chi connectivity index (χ3n) is 5.30. The number of hydrogen-bond acceptors (Lipinski definition) is 4. The van der Waals surface area contributed by atoms with E-state index in [1.54, 1.807) is 31.4 Å². The van der Waals surface area contributed by atoms with Crippen molar-refractivity contribution in [3.8, 4) is 0 Å². The number of carbonyl (C=O) groups is 1. The number of piperidine rings is 1. The fourth-order valence-corrected chi connectivity index (χ4v) is 5.52. The Labute approximate surface area is 180 Å². The first kappa shape index (κ1) is 22.0. The van der Waals surface area contributed by atoms with Gasteiger partial charge in [0.15, 0.2) is 0 Å². The molecule has 1 amide bonds. The van der Waals surface area contributed by atoms with Gasteiger partial charge in [-0.1, -0.05) is 41.4 Å². The summed E-state index contributed by atoms with van der Waals surface area (Å²) >= 11 is 3.36. The van der Waals surface area contributed by atoms with Gasteiger partial charge in [0.25, 0.3) is 5.91 Å². The van der Waals surface area contributed by atoms with E-state index < -0.39 is 10.0 Å². The number of benzene rings is 2. The molecular weight excluding hydrogens is 456 g/mol. The van der Waals surface area contributed by atoms with Crippen LogP contribution in [0, 0.1) is 5.92 Å². The van der Waals surface area contributed by atoms with Crippen molar-refractivity contribution in [2.75, 3.05) is 25.5 Å². The molecule has 0 spiro atoms. The number of hydrogen-bond donors (Lipinski definition) is 1. The number of carbonyl (C=O) groups excluding carboxylic acids is 1. The second-order valence-electron chi connectivity index (χ2n) is 7.09. The smallest absolute Gasteiger partial charge is 0.255 e. The van der Waals surface area contributed by atoms with Crippen molar-refractivity contribution in [1.29, 1.82) is 0 Å². The Morgan fingerprint density at radius 1 is 1.24 bits per heavy atom. The van der Waals surface area contributed by atoms with Gasteiger partial charge in [0.1, 0.15) is 0 Å². The van der Waals surface area contributed by atoms with Gasteiger partial charge in [-0.3, -0.25) is 4.79 Å². The van der Waals surface area contributed by atoms with E-state index in [1.807, 2.05) is 12.1 Å². The number of sulfonamides is 1. The number of halogens is 1. The number of nitrogens with zero attached hydrogens (tertiary/aromatic N) is 1. The van der Waals surface area contributed by atoms with Crippen LogP contribution >= 0.6 is 15.9 Å². The predicted octanol–water partition coefficient (Wildman–Crippen LogP) is 4.14. The van der Waals surface area contributed by atoms with Gasteiger partial charge in [0.05, 0.1) is 11.0 Å². The summed E-state index contributed by atoms with van der Waals surface area (Å²) in [5, 5.41) is 2.79. The highest BCUT2D eigenvalue weighted by Crippen LogP contribution is 2.28. The summed E-state index contributed by atoms with van der Waals surface area (Å²) in [6, 6.07) is 13.4. The lowest BCUT2D eigenvalue weighted by molar-refractivity contribution is 0.0101. The molecule has 3 rings (SSSR count). The van der Waals surface area contributed by atoms with Crippen molar-refractivity contribution in [2.45, 2.75) is 30.8 Å². The lowest BCUT2D eigenvalue weighted by atomic mass is 9.92. The second-order valence-corrected chi connectivity index (χ2v) is 9.94. The molecule has 8 heteroatoms. The molecule has 6 nitrogen and oxygen atoms in total. The van der Waals surface area contributed by atoms with Crippen LogP contribution in [-0.2, 0) is 14.8 Å². The molecule has 1 N–H and O–H groups in total. The molecule has 0 aliphatic carbocycles. The van der Waals surface area contributed by atoms with Gasteiger partial charge in [-0.25, -0.2) is 8.42 Å². The Bertz CT molecular complexity index is 980. The van der Waals surface area contributed by atoms with Crippen LogP contribution in [0.1, 0.15) is 30.1 Å². The van der Waals surface area contributed by atoms with Crippen molar-refractivity contribution in [1.82, 2.24) is 4.31 Å². The van der Waals surface area contributed by atoms with E-state index in [1.165, 1.54) is 16.4 Å². The summed E-state index contributed by atoms with van der Waals surface area (Å²) in [6.07, 6.45) is 1.60. The fraction of sp³-hybridized carbons (Fsp3) is 0.381. The quantitative estimate of drug-likeness (QED) is 0.673. The van der Waals surface area contributed by atoms with E-state index in [0.29, 0.717) is 24.7 Å². The van der Waals surface area contributed by atoms with Crippen molar-refractivity contribution in [2.24, 2.45) is 5.92 Å². The maximum absolute atomic E-state index is 13.2. The number of anilines is 1. The Balaban J connectivity index is 1.80. The van der Waals surface area contributed by atoms with Gasteiger partial charge < -0.3 is 10.1 Å². The van der Waals surface area contributed by atoms with E-state index in [9.17, 15) is 13.2 Å². The monoisotopic (exact) mass is 480 g/mol. The van der Waals surface area contributed by atoms with Crippen LogP contribution in [0.15, 0.2) is 57.9 Å². The SMILES string of the molecule is CCC1CCN(S(=O)(=O)c2cccc(C(=O)Nc3cccc(Br)c3)c2)CC1OC. The lowest BCUT2D eigenvalue weighted by Gasteiger charge is -2.36. The zero-order valence-corrected chi connectivity index (χ0v) is 18.9. The van der Waals surface area contributed by atoms with E-state index >= 15 is 0 Å². The third-order valence-corrected chi connectivity index (χ3v) is 7.66. The molecule has 2 unspecified atom stereocenters. The maximum Gasteiger partial charge on any atom is 0.255 e. The molecular formula is C21H25BrN2O4S. The summed E-state index contributed by atoms with van der Waals surface area (Å²) in [4.78, 5) is 12.7. The highest BCUT2D eigenvalue weighted by molar-refractivity contribution is 9.10. The molecule has 2 aromatic carbocycles. The van der Waals surface area contributed by atoms with Crippen molar-refractivity contribution in [3.05, 3.63) is 58.6 Å². The minimum atomic E-state index is -3.71. The minimum Gasteiger partial charge on any atom is -0.380 e. The molecule has 2 atom stereocenters. The fourth-order valence-electron chi connectivity index (χ4n) is 3.61. The van der Waals surface area contributed by atoms with Crippen LogP contribution in [0.3, 0.4) is 0 Å². The molecule has 0 bridgehead atoms. The molecule has 1 aliphatic rings. The van der Waals surface area contributed by atoms with E-state index in [4.69, 9.17) is 4.74 Å². The molecule has 2 aromatic rings. The average molecular weight is 481 g/mol. The molecule has 1 heterocycles. The number of amides is 1. The molecule has 1 fully saturated rings. The molecule has 0 saturated carbocycles. The Morgan fingerprint density at radius 3 is 2.69 bits per heavy atom. The van der Waals surface area contributed by atoms with Gasteiger partial charge in [0.2, 0.25) is 10.0 Å². The van der Waals surface area contributed by atoms with Crippen LogP contribution in [0.4, 0.5) is 5.69 Å². The first-order valence-corrected chi connectivity index (χ1v) is 11.8. The van der Waals surface area contributed by atoms with Gasteiger partial charge in [-0.05, 0) is 48.7 Å². The summed E-state index contributed by atoms with van der Waals surface area (Å²) < 4.78 is 34.1. The Hall–Kier alpha value is -1.74. The van der Waals surface area contributed by atoms with E-state index in [-0.39, 0.29) is 22.5 Å². The predicted molar refractivity (Wildman–Crippen MR) is 116 cm³/mol. The second kappa shape index (κ2) is 9.38. The topological polar surface area (TPSA) is 75.7 Å². The maximum atomic E-state index is 13.2. The standard InChI is InChI=1S/C21H25BrN2O4S/c1-3-15-10-11-24(14-20(15)28-2)29(26,27)19-9-4-6-16(12-19)21(25)23-18-8-5-7-17(22)13-18/h4-9,12-13,15,20H,3,10-11,14H2,1-2H3,(H,23,25). The van der Waals surface area contributed by atoms with Crippen LogP contribution in [-0.4, -0.2) is 44.9 Å².